The summed E-state index contributed by atoms with van der Waals surface area (Å²) >= 11 is 8.15. The maximum absolute atomic E-state index is 16.4. The van der Waals surface area contributed by atoms with Gasteiger partial charge in [-0.15, -0.1) is 0 Å². The Morgan fingerprint density at radius 1 is 1.11 bits per heavy atom. The SMILES string of the molecule is Nc1nc2c(-c3c(Cl)cc4c(N5CCNCC5)nc(N5C[C@@H]6NCC[C@@H]65)nc4c3F)cccc2s1. The molecule has 0 aliphatic carbocycles. The van der Waals surface area contributed by atoms with Gasteiger partial charge in [0.05, 0.1) is 21.3 Å². The maximum Gasteiger partial charge on any atom is 0.228 e. The second-order valence-electron chi connectivity index (χ2n) is 9.30. The highest BCUT2D eigenvalue weighted by Gasteiger charge is 2.43. The molecule has 35 heavy (non-hydrogen) atoms. The Kier molecular flexibility index (Phi) is 4.99. The summed E-state index contributed by atoms with van der Waals surface area (Å²) in [6, 6.07) is 8.25. The van der Waals surface area contributed by atoms with Crippen LogP contribution in [0.1, 0.15) is 6.42 Å². The van der Waals surface area contributed by atoms with Crippen LogP contribution in [0.5, 0.6) is 0 Å². The lowest BCUT2D eigenvalue weighted by molar-refractivity contribution is 0.389. The molecule has 3 fully saturated rings. The van der Waals surface area contributed by atoms with Gasteiger partial charge < -0.3 is 26.2 Å². The van der Waals surface area contributed by atoms with Gasteiger partial charge in [0.2, 0.25) is 5.95 Å². The third kappa shape index (κ3) is 3.35. The Bertz CT molecular complexity index is 1470. The maximum atomic E-state index is 16.4. The van der Waals surface area contributed by atoms with Crippen LogP contribution in [0.2, 0.25) is 5.02 Å². The lowest BCUT2D eigenvalue weighted by Crippen LogP contribution is -2.61. The number of nitrogens with zero attached hydrogens (tertiary/aromatic N) is 5. The largest absolute Gasteiger partial charge is 0.375 e. The molecule has 11 heteroatoms. The molecule has 0 unspecified atom stereocenters. The molecule has 0 radical (unpaired) electrons. The van der Waals surface area contributed by atoms with Crippen LogP contribution >= 0.6 is 22.9 Å². The Morgan fingerprint density at radius 2 is 1.97 bits per heavy atom. The number of hydrogen-bond donors (Lipinski definition) is 3. The van der Waals surface area contributed by atoms with Crippen molar-refractivity contribution in [1.82, 2.24) is 25.6 Å². The van der Waals surface area contributed by atoms with Crippen molar-refractivity contribution in [3.63, 3.8) is 0 Å². The van der Waals surface area contributed by atoms with Crippen LogP contribution < -0.4 is 26.2 Å². The first-order valence-corrected chi connectivity index (χ1v) is 13.1. The number of anilines is 3. The number of nitrogen functional groups attached to an aromatic ring is 1. The highest BCUT2D eigenvalue weighted by molar-refractivity contribution is 7.22. The summed E-state index contributed by atoms with van der Waals surface area (Å²) in [5.74, 6) is 0.872. The van der Waals surface area contributed by atoms with Crippen molar-refractivity contribution in [1.29, 1.82) is 0 Å². The zero-order valence-electron chi connectivity index (χ0n) is 18.9. The lowest BCUT2D eigenvalue weighted by atomic mass is 9.98. The van der Waals surface area contributed by atoms with Crippen molar-refractivity contribution in [3.8, 4) is 11.1 Å². The van der Waals surface area contributed by atoms with Gasteiger partial charge in [0.25, 0.3) is 0 Å². The molecule has 3 saturated heterocycles. The first-order chi connectivity index (χ1) is 17.1. The van der Waals surface area contributed by atoms with Gasteiger partial charge in [0, 0.05) is 55.3 Å². The minimum Gasteiger partial charge on any atom is -0.375 e. The van der Waals surface area contributed by atoms with E-state index in [2.05, 4.69) is 25.4 Å². The summed E-state index contributed by atoms with van der Waals surface area (Å²) in [4.78, 5) is 18.6. The Balaban J connectivity index is 1.45. The van der Waals surface area contributed by atoms with Crippen LogP contribution in [0.15, 0.2) is 24.3 Å². The standard InChI is InChI=1S/C24H24ClFN8S/c25-14-10-13-21(19(26)18(14)12-2-1-3-17-20(12)30-23(27)35-17)31-24(34-11-15-16(34)4-5-29-15)32-22(13)33-8-6-28-7-9-33/h1-3,10,15-16,28-29H,4-9,11H2,(H2,27,30)/t15-,16-/m0/s1. The second kappa shape index (κ2) is 8.12. The topological polar surface area (TPSA) is 95.2 Å². The third-order valence-corrected chi connectivity index (χ3v) is 8.48. The summed E-state index contributed by atoms with van der Waals surface area (Å²) in [5.41, 5.74) is 7.82. The van der Waals surface area contributed by atoms with Gasteiger partial charge in [0.1, 0.15) is 11.3 Å². The van der Waals surface area contributed by atoms with E-state index in [-0.39, 0.29) is 5.52 Å². The number of fused-ring (bicyclic) bond motifs is 3. The molecule has 2 aromatic heterocycles. The van der Waals surface area contributed by atoms with Gasteiger partial charge in [0.15, 0.2) is 10.9 Å². The first kappa shape index (κ1) is 21.5. The van der Waals surface area contributed by atoms with Crippen molar-refractivity contribution >= 4 is 61.0 Å². The lowest BCUT2D eigenvalue weighted by Gasteiger charge is -2.44. The fraction of sp³-hybridized carbons (Fsp3) is 0.375. The molecule has 0 saturated carbocycles. The highest BCUT2D eigenvalue weighted by atomic mass is 35.5. The monoisotopic (exact) mass is 510 g/mol. The van der Waals surface area contributed by atoms with E-state index >= 15 is 4.39 Å². The molecule has 180 valence electrons. The number of piperazine rings is 1. The zero-order valence-corrected chi connectivity index (χ0v) is 20.5. The van der Waals surface area contributed by atoms with E-state index in [0.717, 1.165) is 56.2 Å². The van der Waals surface area contributed by atoms with Crippen LogP contribution in [-0.4, -0.2) is 66.3 Å². The smallest absolute Gasteiger partial charge is 0.228 e. The molecule has 0 amide bonds. The van der Waals surface area contributed by atoms with E-state index < -0.39 is 5.82 Å². The molecular weight excluding hydrogens is 487 g/mol. The predicted octanol–water partition coefficient (Wildman–Crippen LogP) is 3.24. The molecule has 2 aromatic carbocycles. The van der Waals surface area contributed by atoms with E-state index in [1.165, 1.54) is 11.3 Å². The van der Waals surface area contributed by atoms with Crippen LogP contribution in [0.25, 0.3) is 32.2 Å². The summed E-state index contributed by atoms with van der Waals surface area (Å²) in [6.07, 6.45) is 1.04. The molecule has 0 bridgehead atoms. The number of rotatable bonds is 3. The number of hydrogen-bond acceptors (Lipinski definition) is 9. The Labute approximate surface area is 210 Å². The number of aromatic nitrogens is 3. The van der Waals surface area contributed by atoms with E-state index in [1.807, 2.05) is 18.2 Å². The zero-order chi connectivity index (χ0) is 23.7. The minimum atomic E-state index is -0.451. The van der Waals surface area contributed by atoms with E-state index in [9.17, 15) is 0 Å². The molecule has 8 nitrogen and oxygen atoms in total. The minimum absolute atomic E-state index is 0.289. The highest BCUT2D eigenvalue weighted by Crippen LogP contribution is 2.42. The summed E-state index contributed by atoms with van der Waals surface area (Å²) in [6.45, 7) is 5.09. The van der Waals surface area contributed by atoms with E-state index in [4.69, 9.17) is 27.3 Å². The van der Waals surface area contributed by atoms with E-state index in [0.29, 0.717) is 50.2 Å². The van der Waals surface area contributed by atoms with E-state index in [1.54, 1.807) is 6.07 Å². The average molecular weight is 511 g/mol. The number of para-hydroxylation sites is 1. The number of nitrogens with one attached hydrogen (secondary N) is 2. The van der Waals surface area contributed by atoms with Crippen molar-refractivity contribution in [3.05, 3.63) is 35.1 Å². The second-order valence-corrected chi connectivity index (χ2v) is 10.8. The average Bonchev–Trinajstić information content (AvgIpc) is 3.41. The molecule has 4 N–H and O–H groups in total. The predicted molar refractivity (Wildman–Crippen MR) is 140 cm³/mol. The molecule has 3 aliphatic heterocycles. The Morgan fingerprint density at radius 3 is 2.80 bits per heavy atom. The number of thiazole rings is 1. The van der Waals surface area contributed by atoms with Crippen LogP contribution in [0.4, 0.5) is 21.3 Å². The van der Waals surface area contributed by atoms with Gasteiger partial charge >= 0.3 is 0 Å². The summed E-state index contributed by atoms with van der Waals surface area (Å²) in [5, 5.41) is 8.27. The van der Waals surface area contributed by atoms with Crippen molar-refractivity contribution < 1.29 is 4.39 Å². The van der Waals surface area contributed by atoms with Crippen molar-refractivity contribution in [2.45, 2.75) is 18.5 Å². The number of nitrogens with two attached hydrogens (primary N) is 1. The number of halogens is 2. The van der Waals surface area contributed by atoms with Gasteiger partial charge in [-0.2, -0.15) is 4.98 Å². The molecule has 7 rings (SSSR count). The fourth-order valence-electron chi connectivity index (χ4n) is 5.58. The molecule has 5 heterocycles. The van der Waals surface area contributed by atoms with Gasteiger partial charge in [-0.05, 0) is 25.1 Å². The van der Waals surface area contributed by atoms with Gasteiger partial charge in [-0.1, -0.05) is 35.1 Å². The van der Waals surface area contributed by atoms with Crippen LogP contribution in [0.3, 0.4) is 0 Å². The fourth-order valence-corrected chi connectivity index (χ4v) is 6.64. The molecule has 3 aliphatic rings. The Hall–Kier alpha value is -2.79. The third-order valence-electron chi connectivity index (χ3n) is 7.33. The summed E-state index contributed by atoms with van der Waals surface area (Å²) < 4.78 is 17.3. The van der Waals surface area contributed by atoms with Crippen LogP contribution in [-0.2, 0) is 0 Å². The van der Waals surface area contributed by atoms with Crippen molar-refractivity contribution in [2.75, 3.05) is 54.8 Å². The van der Waals surface area contributed by atoms with Crippen molar-refractivity contribution in [2.24, 2.45) is 0 Å². The summed E-state index contributed by atoms with van der Waals surface area (Å²) in [7, 11) is 0. The molecule has 2 atom stereocenters. The quantitative estimate of drug-likeness (QED) is 0.386. The normalized spacial score (nSPS) is 22.1. The first-order valence-electron chi connectivity index (χ1n) is 11.9. The molecule has 4 aromatic rings. The van der Waals surface area contributed by atoms with Gasteiger partial charge in [-0.3, -0.25) is 0 Å². The molecular formula is C24H24ClFN8S. The van der Waals surface area contributed by atoms with Gasteiger partial charge in [-0.25, -0.2) is 14.4 Å². The number of benzene rings is 2. The molecule has 0 spiro atoms. The van der Waals surface area contributed by atoms with Crippen LogP contribution in [0, 0.1) is 5.82 Å².